The molecule has 1 amide bonds. The fourth-order valence-electron chi connectivity index (χ4n) is 3.14. The Labute approximate surface area is 237 Å². The van der Waals surface area contributed by atoms with E-state index in [1.165, 1.54) is 0 Å². The minimum atomic E-state index is -4.57. The molecule has 9 heteroatoms. The molecule has 0 aromatic carbocycles. The van der Waals surface area contributed by atoms with Crippen LogP contribution >= 0.6 is 7.82 Å². The molecule has 0 fully saturated rings. The summed E-state index contributed by atoms with van der Waals surface area (Å²) in [5, 5.41) is 13.3. The van der Waals surface area contributed by atoms with Crippen LogP contribution in [0.15, 0.2) is 60.8 Å². The number of aliphatic hydroxyl groups is 1. The van der Waals surface area contributed by atoms with Gasteiger partial charge in [-0.05, 0) is 38.5 Å². The standard InChI is InChI=1S/C30H53N2O6P/c1-6-8-10-12-13-14-15-16-17-18-19-20-22-24-30(34)31-28(29(33)23-21-11-9-7-2)27-38-39(35,36)37-26-25-32(3,4)5/h8,10,13-14,16-17,19-21,23,28-29,33H,6-7,9,11-12,15,18,22,24-27H2,1-5H3,(H-,31,34,35,36)/b10-8-,14-13-,17-16-,20-19-,23-21+. The first-order valence-corrected chi connectivity index (χ1v) is 15.6. The van der Waals surface area contributed by atoms with E-state index in [9.17, 15) is 19.4 Å². The minimum Gasteiger partial charge on any atom is -0.756 e. The van der Waals surface area contributed by atoms with Crippen LogP contribution in [0, 0.1) is 0 Å². The summed E-state index contributed by atoms with van der Waals surface area (Å²) in [4.78, 5) is 24.7. The number of quaternary nitrogens is 1. The van der Waals surface area contributed by atoms with Crippen LogP contribution < -0.4 is 10.2 Å². The summed E-state index contributed by atoms with van der Waals surface area (Å²) in [5.41, 5.74) is 0. The van der Waals surface area contributed by atoms with Gasteiger partial charge in [0.15, 0.2) is 0 Å². The molecule has 39 heavy (non-hydrogen) atoms. The average molecular weight is 569 g/mol. The lowest BCUT2D eigenvalue weighted by Crippen LogP contribution is -2.45. The first kappa shape index (κ1) is 37.2. The van der Waals surface area contributed by atoms with Crippen LogP contribution in [0.2, 0.25) is 0 Å². The number of allylic oxidation sites excluding steroid dienone is 9. The highest BCUT2D eigenvalue weighted by atomic mass is 31.2. The number of carbonyl (C=O) groups excluding carboxylic acids is 1. The summed E-state index contributed by atoms with van der Waals surface area (Å²) < 4.78 is 22.7. The molecule has 0 aliphatic heterocycles. The zero-order chi connectivity index (χ0) is 29.4. The Hall–Kier alpha value is -1.80. The molecular weight excluding hydrogens is 515 g/mol. The fourth-order valence-corrected chi connectivity index (χ4v) is 3.87. The number of likely N-dealkylation sites (N-methyl/N-ethyl adjacent to an activating group) is 1. The molecule has 224 valence electrons. The fraction of sp³-hybridized carbons (Fsp3) is 0.633. The van der Waals surface area contributed by atoms with Gasteiger partial charge in [-0.25, -0.2) is 0 Å². The normalized spacial score (nSPS) is 16.2. The quantitative estimate of drug-likeness (QED) is 0.0743. The van der Waals surface area contributed by atoms with Gasteiger partial charge in [0, 0.05) is 6.42 Å². The number of nitrogens with one attached hydrogen (secondary N) is 1. The average Bonchev–Trinajstić information content (AvgIpc) is 2.86. The molecular formula is C30H53N2O6P. The first-order chi connectivity index (χ1) is 18.5. The van der Waals surface area contributed by atoms with Crippen molar-refractivity contribution in [1.82, 2.24) is 5.32 Å². The summed E-state index contributed by atoms with van der Waals surface area (Å²) in [7, 11) is 1.19. The molecule has 0 saturated carbocycles. The third kappa shape index (κ3) is 24.9. The molecule has 0 heterocycles. The molecule has 0 aliphatic rings. The Morgan fingerprint density at radius 2 is 1.51 bits per heavy atom. The van der Waals surface area contributed by atoms with Crippen LogP contribution in [0.4, 0.5) is 0 Å². The van der Waals surface area contributed by atoms with Crippen LogP contribution in [0.3, 0.4) is 0 Å². The number of aliphatic hydroxyl groups excluding tert-OH is 1. The van der Waals surface area contributed by atoms with Gasteiger partial charge in [-0.1, -0.05) is 87.4 Å². The molecule has 0 aromatic heterocycles. The van der Waals surface area contributed by atoms with Crippen molar-refractivity contribution in [3.05, 3.63) is 60.8 Å². The second-order valence-corrected chi connectivity index (χ2v) is 11.8. The van der Waals surface area contributed by atoms with Crippen molar-refractivity contribution < 1.29 is 32.9 Å². The Balaban J connectivity index is 4.67. The first-order valence-electron chi connectivity index (χ1n) is 14.2. The molecule has 8 nitrogen and oxygen atoms in total. The smallest absolute Gasteiger partial charge is 0.268 e. The van der Waals surface area contributed by atoms with Crippen LogP contribution in [0.5, 0.6) is 0 Å². The Bertz CT molecular complexity index is 830. The molecule has 0 saturated heterocycles. The SMILES string of the molecule is CC/C=C\C/C=C\C/C=C\C/C=C\CCC(=O)NC(COP(=O)([O-])OCC[N+](C)(C)C)C(O)/C=C/CCCC. The lowest BCUT2D eigenvalue weighted by atomic mass is 10.1. The van der Waals surface area contributed by atoms with Crippen molar-refractivity contribution in [1.29, 1.82) is 0 Å². The zero-order valence-electron chi connectivity index (χ0n) is 24.8. The van der Waals surface area contributed by atoms with Crippen molar-refractivity contribution in [3.8, 4) is 0 Å². The number of hydrogen-bond donors (Lipinski definition) is 2. The van der Waals surface area contributed by atoms with Gasteiger partial charge in [0.1, 0.15) is 13.2 Å². The van der Waals surface area contributed by atoms with Crippen molar-refractivity contribution >= 4 is 13.7 Å². The van der Waals surface area contributed by atoms with Gasteiger partial charge < -0.3 is 28.8 Å². The van der Waals surface area contributed by atoms with Gasteiger partial charge >= 0.3 is 0 Å². The van der Waals surface area contributed by atoms with E-state index in [1.807, 2.05) is 39.4 Å². The van der Waals surface area contributed by atoms with E-state index in [-0.39, 0.29) is 18.9 Å². The predicted molar refractivity (Wildman–Crippen MR) is 159 cm³/mol. The monoisotopic (exact) mass is 568 g/mol. The zero-order valence-corrected chi connectivity index (χ0v) is 25.7. The van der Waals surface area contributed by atoms with E-state index in [1.54, 1.807) is 6.08 Å². The van der Waals surface area contributed by atoms with E-state index < -0.39 is 26.6 Å². The molecule has 0 spiro atoms. The lowest BCUT2D eigenvalue weighted by Gasteiger charge is -2.29. The minimum absolute atomic E-state index is 0.0182. The summed E-state index contributed by atoms with van der Waals surface area (Å²) in [6.07, 6.45) is 26.3. The number of phosphoric acid groups is 1. The van der Waals surface area contributed by atoms with Gasteiger partial charge in [-0.3, -0.25) is 9.36 Å². The predicted octanol–water partition coefficient (Wildman–Crippen LogP) is 5.37. The van der Waals surface area contributed by atoms with Crippen LogP contribution in [0.1, 0.15) is 71.6 Å². The van der Waals surface area contributed by atoms with Gasteiger partial charge in [0.2, 0.25) is 5.91 Å². The van der Waals surface area contributed by atoms with E-state index in [2.05, 4.69) is 55.6 Å². The maximum Gasteiger partial charge on any atom is 0.268 e. The molecule has 0 aromatic rings. The number of rotatable bonds is 23. The van der Waals surface area contributed by atoms with Gasteiger partial charge in [-0.15, -0.1) is 0 Å². The highest BCUT2D eigenvalue weighted by Crippen LogP contribution is 2.38. The number of amides is 1. The maximum absolute atomic E-state index is 12.5. The van der Waals surface area contributed by atoms with Crippen LogP contribution in [-0.2, 0) is 18.4 Å². The summed E-state index contributed by atoms with van der Waals surface area (Å²) in [6, 6.07) is -0.919. The Morgan fingerprint density at radius 1 is 0.923 bits per heavy atom. The number of unbranched alkanes of at least 4 members (excludes halogenated alkanes) is 2. The van der Waals surface area contributed by atoms with Gasteiger partial charge in [0.25, 0.3) is 7.82 Å². The van der Waals surface area contributed by atoms with Crippen LogP contribution in [-0.4, -0.2) is 68.5 Å². The van der Waals surface area contributed by atoms with Crippen molar-refractivity contribution in [2.24, 2.45) is 0 Å². The van der Waals surface area contributed by atoms with Crippen molar-refractivity contribution in [2.75, 3.05) is 40.9 Å². The third-order valence-electron chi connectivity index (χ3n) is 5.50. The van der Waals surface area contributed by atoms with Crippen molar-refractivity contribution in [3.63, 3.8) is 0 Å². The van der Waals surface area contributed by atoms with E-state index >= 15 is 0 Å². The van der Waals surface area contributed by atoms with Gasteiger partial charge in [0.05, 0.1) is 39.9 Å². The molecule has 3 atom stereocenters. The van der Waals surface area contributed by atoms with E-state index in [4.69, 9.17) is 9.05 Å². The summed E-state index contributed by atoms with van der Waals surface area (Å²) in [6.45, 7) is 4.24. The highest BCUT2D eigenvalue weighted by molar-refractivity contribution is 7.45. The molecule has 0 bridgehead atoms. The number of phosphoric ester groups is 1. The van der Waals surface area contributed by atoms with E-state index in [0.29, 0.717) is 17.4 Å². The number of hydrogen-bond acceptors (Lipinski definition) is 6. The molecule has 3 unspecified atom stereocenters. The highest BCUT2D eigenvalue weighted by Gasteiger charge is 2.23. The molecule has 0 rings (SSSR count). The van der Waals surface area contributed by atoms with Crippen LogP contribution in [0.25, 0.3) is 0 Å². The maximum atomic E-state index is 12.5. The summed E-state index contributed by atoms with van der Waals surface area (Å²) >= 11 is 0. The van der Waals surface area contributed by atoms with Crippen molar-refractivity contribution in [2.45, 2.75) is 83.8 Å². The lowest BCUT2D eigenvalue weighted by molar-refractivity contribution is -0.870. The number of nitrogens with zero attached hydrogens (tertiary/aromatic N) is 1. The molecule has 0 radical (unpaired) electrons. The second kappa shape index (κ2) is 23.0. The topological polar surface area (TPSA) is 108 Å². The molecule has 2 N–H and O–H groups in total. The second-order valence-electron chi connectivity index (χ2n) is 10.4. The Kier molecular flexibility index (Phi) is 21.9. The van der Waals surface area contributed by atoms with Gasteiger partial charge in [-0.2, -0.15) is 0 Å². The largest absolute Gasteiger partial charge is 0.756 e. The number of carbonyl (C=O) groups is 1. The Morgan fingerprint density at radius 3 is 2.08 bits per heavy atom. The molecule has 0 aliphatic carbocycles. The summed E-state index contributed by atoms with van der Waals surface area (Å²) in [5.74, 6) is -0.293. The van der Waals surface area contributed by atoms with E-state index in [0.717, 1.165) is 44.9 Å². The third-order valence-corrected chi connectivity index (χ3v) is 6.46.